The first kappa shape index (κ1) is 24.7. The molecule has 7 nitrogen and oxygen atoms in total. The lowest BCUT2D eigenvalue weighted by atomic mass is 9.98. The fourth-order valence-electron chi connectivity index (χ4n) is 4.20. The molecular weight excluding hydrogens is 484 g/mol. The van der Waals surface area contributed by atoms with Gasteiger partial charge in [-0.05, 0) is 31.5 Å². The van der Waals surface area contributed by atoms with Crippen LogP contribution in [0.15, 0.2) is 42.5 Å². The number of rotatable bonds is 8. The zero-order chi connectivity index (χ0) is 25.3. The van der Waals surface area contributed by atoms with E-state index in [9.17, 15) is 23.5 Å². The molecule has 1 N–H and O–H groups in total. The number of ether oxygens (including phenoxy) is 3. The molecule has 4 rings (SSSR count). The highest BCUT2D eigenvalue weighted by Gasteiger charge is 2.44. The van der Waals surface area contributed by atoms with Crippen molar-refractivity contribution in [3.05, 3.63) is 64.2 Å². The zero-order valence-electron chi connectivity index (χ0n) is 18.9. The minimum absolute atomic E-state index is 0.0309. The smallest absolute Gasteiger partial charge is 0.387 e. The number of hydrogen-bond donors (Lipinski definition) is 1. The van der Waals surface area contributed by atoms with Gasteiger partial charge in [0.05, 0.1) is 41.5 Å². The number of carbonyl (C=O) groups excluding carboxylic acids is 2. The van der Waals surface area contributed by atoms with Gasteiger partial charge in [0.1, 0.15) is 11.5 Å². The molecule has 0 saturated carbocycles. The van der Waals surface area contributed by atoms with Crippen molar-refractivity contribution in [2.75, 3.05) is 18.1 Å². The Morgan fingerprint density at radius 1 is 1.11 bits per heavy atom. The summed E-state index contributed by atoms with van der Waals surface area (Å²) in [5.41, 5.74) is 0.449. The van der Waals surface area contributed by atoms with Crippen LogP contribution in [0.5, 0.6) is 11.5 Å². The average molecular weight is 506 g/mol. The number of nitrogens with zero attached hydrogens (tertiary/aromatic N) is 1. The lowest BCUT2D eigenvalue weighted by Gasteiger charge is -2.23. The minimum atomic E-state index is -3.19. The summed E-state index contributed by atoms with van der Waals surface area (Å²) in [4.78, 5) is 26.4. The summed E-state index contributed by atoms with van der Waals surface area (Å²) in [5.74, 6) is -1.29. The molecule has 0 radical (unpaired) electrons. The molecule has 1 atom stereocenters. The number of halogens is 3. The van der Waals surface area contributed by atoms with Crippen molar-refractivity contribution < 1.29 is 37.7 Å². The molecule has 1 amide bonds. The highest BCUT2D eigenvalue weighted by Crippen LogP contribution is 2.51. The van der Waals surface area contributed by atoms with E-state index in [0.29, 0.717) is 10.9 Å². The number of esters is 1. The molecule has 184 valence electrons. The SMILES string of the molecule is CCOC(=O)Cc1ccc(N2C(=O)c3c(c(OC(F)F)c4ccccc4c3OCC)C2O)c(Cl)c1. The second kappa shape index (κ2) is 10.1. The molecule has 0 bridgehead atoms. The number of aliphatic hydroxyl groups excluding tert-OH is 1. The summed E-state index contributed by atoms with van der Waals surface area (Å²) in [6.07, 6.45) is -1.71. The molecule has 3 aromatic carbocycles. The Kier molecular flexibility index (Phi) is 7.09. The van der Waals surface area contributed by atoms with E-state index in [1.807, 2.05) is 0 Å². The number of hydrogen-bond acceptors (Lipinski definition) is 6. The van der Waals surface area contributed by atoms with E-state index in [-0.39, 0.29) is 58.4 Å². The average Bonchev–Trinajstić information content (AvgIpc) is 3.06. The van der Waals surface area contributed by atoms with E-state index >= 15 is 0 Å². The molecule has 10 heteroatoms. The maximum atomic E-state index is 13.6. The molecule has 1 heterocycles. The first-order valence-corrected chi connectivity index (χ1v) is 11.3. The van der Waals surface area contributed by atoms with E-state index in [1.165, 1.54) is 12.1 Å². The number of fused-ring (bicyclic) bond motifs is 2. The quantitative estimate of drug-likeness (QED) is 0.421. The van der Waals surface area contributed by atoms with E-state index in [4.69, 9.17) is 25.8 Å². The Hall–Kier alpha value is -3.43. The largest absolute Gasteiger partial charge is 0.492 e. The molecule has 1 unspecified atom stereocenters. The molecular formula is C25H22ClF2NO6. The van der Waals surface area contributed by atoms with Crippen LogP contribution in [0.4, 0.5) is 14.5 Å². The van der Waals surface area contributed by atoms with Gasteiger partial charge in [-0.2, -0.15) is 8.78 Å². The maximum absolute atomic E-state index is 13.6. The normalized spacial score (nSPS) is 15.0. The third kappa shape index (κ3) is 4.49. The molecule has 0 aromatic heterocycles. The summed E-state index contributed by atoms with van der Waals surface area (Å²) in [5, 5.41) is 11.9. The van der Waals surface area contributed by atoms with Crippen molar-refractivity contribution in [1.82, 2.24) is 0 Å². The van der Waals surface area contributed by atoms with Gasteiger partial charge < -0.3 is 19.3 Å². The first-order valence-electron chi connectivity index (χ1n) is 10.9. The summed E-state index contributed by atoms with van der Waals surface area (Å²) in [7, 11) is 0. The van der Waals surface area contributed by atoms with Gasteiger partial charge in [0.15, 0.2) is 6.23 Å². The van der Waals surface area contributed by atoms with Gasteiger partial charge >= 0.3 is 12.6 Å². The molecule has 1 aliphatic heterocycles. The van der Waals surface area contributed by atoms with Crippen LogP contribution in [0.25, 0.3) is 10.8 Å². The van der Waals surface area contributed by atoms with Crippen molar-refractivity contribution in [3.63, 3.8) is 0 Å². The van der Waals surface area contributed by atoms with E-state index in [0.717, 1.165) is 4.90 Å². The van der Waals surface area contributed by atoms with E-state index < -0.39 is 24.7 Å². The summed E-state index contributed by atoms with van der Waals surface area (Å²) in [6.45, 7) is 0.646. The Morgan fingerprint density at radius 2 is 1.80 bits per heavy atom. The van der Waals surface area contributed by atoms with Crippen molar-refractivity contribution in [3.8, 4) is 11.5 Å². The van der Waals surface area contributed by atoms with Crippen LogP contribution >= 0.6 is 11.6 Å². The van der Waals surface area contributed by atoms with Crippen LogP contribution in [0.1, 0.15) is 41.6 Å². The van der Waals surface area contributed by atoms with Gasteiger partial charge in [0, 0.05) is 10.8 Å². The number of amides is 1. The van der Waals surface area contributed by atoms with Gasteiger partial charge in [-0.15, -0.1) is 0 Å². The molecule has 0 fully saturated rings. The number of alkyl halides is 2. The van der Waals surface area contributed by atoms with Crippen LogP contribution < -0.4 is 14.4 Å². The Morgan fingerprint density at radius 3 is 2.40 bits per heavy atom. The molecule has 3 aromatic rings. The third-order valence-electron chi connectivity index (χ3n) is 5.51. The van der Waals surface area contributed by atoms with Crippen LogP contribution in [-0.4, -0.2) is 36.8 Å². The zero-order valence-corrected chi connectivity index (χ0v) is 19.6. The van der Waals surface area contributed by atoms with Crippen molar-refractivity contribution >= 4 is 39.9 Å². The number of aliphatic hydroxyl groups is 1. The van der Waals surface area contributed by atoms with Gasteiger partial charge in [-0.25, -0.2) is 0 Å². The van der Waals surface area contributed by atoms with Crippen LogP contribution in [0.3, 0.4) is 0 Å². The highest BCUT2D eigenvalue weighted by molar-refractivity contribution is 6.34. The lowest BCUT2D eigenvalue weighted by molar-refractivity contribution is -0.142. The fraction of sp³-hybridized carbons (Fsp3) is 0.280. The third-order valence-corrected chi connectivity index (χ3v) is 5.82. The van der Waals surface area contributed by atoms with Crippen molar-refractivity contribution in [2.45, 2.75) is 33.1 Å². The Bertz CT molecular complexity index is 1300. The van der Waals surface area contributed by atoms with Crippen LogP contribution in [-0.2, 0) is 16.0 Å². The van der Waals surface area contributed by atoms with Gasteiger partial charge in [-0.3, -0.25) is 14.5 Å². The number of anilines is 1. The molecule has 1 aliphatic rings. The fourth-order valence-corrected chi connectivity index (χ4v) is 4.49. The predicted octanol–water partition coefficient (Wildman–Crippen LogP) is 5.25. The van der Waals surface area contributed by atoms with Gasteiger partial charge in [0.25, 0.3) is 5.91 Å². The van der Waals surface area contributed by atoms with Gasteiger partial charge in [0.2, 0.25) is 0 Å². The van der Waals surface area contributed by atoms with E-state index in [2.05, 4.69) is 0 Å². The summed E-state index contributed by atoms with van der Waals surface area (Å²) < 4.78 is 42.3. The highest BCUT2D eigenvalue weighted by atomic mass is 35.5. The van der Waals surface area contributed by atoms with E-state index in [1.54, 1.807) is 44.2 Å². The standard InChI is InChI=1S/C25H22ClF2NO6/c1-3-33-18(30)12-13-9-10-17(16(26)11-13)29-23(31)19-20(24(29)32)22(35-25(27)28)15-8-6-5-7-14(15)21(19)34-4-2/h5-11,24-25,32H,3-4,12H2,1-2H3. The second-order valence-corrected chi connectivity index (χ2v) is 8.03. The predicted molar refractivity (Wildman–Crippen MR) is 125 cm³/mol. The van der Waals surface area contributed by atoms with Crippen molar-refractivity contribution in [1.29, 1.82) is 0 Å². The molecule has 35 heavy (non-hydrogen) atoms. The Balaban J connectivity index is 1.85. The molecule has 0 saturated heterocycles. The topological polar surface area (TPSA) is 85.3 Å². The summed E-state index contributed by atoms with van der Waals surface area (Å²) in [6, 6.07) is 11.0. The van der Waals surface area contributed by atoms with Crippen LogP contribution in [0.2, 0.25) is 5.02 Å². The van der Waals surface area contributed by atoms with Gasteiger partial charge in [-0.1, -0.05) is 41.9 Å². The minimum Gasteiger partial charge on any atom is -0.492 e. The lowest BCUT2D eigenvalue weighted by Crippen LogP contribution is -2.28. The molecule has 0 aliphatic carbocycles. The number of benzene rings is 3. The van der Waals surface area contributed by atoms with Crippen molar-refractivity contribution in [2.24, 2.45) is 0 Å². The Labute approximate surface area is 204 Å². The number of carbonyl (C=O) groups is 2. The first-order chi connectivity index (χ1) is 16.8. The monoisotopic (exact) mass is 505 g/mol. The maximum Gasteiger partial charge on any atom is 0.387 e. The molecule has 0 spiro atoms. The second-order valence-electron chi connectivity index (χ2n) is 7.62. The summed E-state index contributed by atoms with van der Waals surface area (Å²) >= 11 is 6.43. The van der Waals surface area contributed by atoms with Crippen LogP contribution in [0, 0.1) is 0 Å².